The second-order valence-electron chi connectivity index (χ2n) is 2.95. The lowest BCUT2D eigenvalue weighted by atomic mass is 10.1. The monoisotopic (exact) mass is 224 g/mol. The average Bonchev–Trinajstić information content (AvgIpc) is 2.29. The number of fused-ring (bicyclic) bond motifs is 1. The minimum absolute atomic E-state index is 0.993. The molecule has 0 radical (unpaired) electrons. The van der Waals surface area contributed by atoms with Crippen molar-refractivity contribution in [3.63, 3.8) is 0 Å². The fourth-order valence-corrected chi connectivity index (χ4v) is 2.06. The molecule has 0 N–H and O–H groups in total. The van der Waals surface area contributed by atoms with Gasteiger partial charge in [0.2, 0.25) is 0 Å². The fraction of sp³-hybridized carbons (Fsp3) is 0.222. The van der Waals surface area contributed by atoms with Gasteiger partial charge in [0, 0.05) is 17.8 Å². The van der Waals surface area contributed by atoms with Crippen LogP contribution in [0.5, 0.6) is 0 Å². The van der Waals surface area contributed by atoms with Crippen molar-refractivity contribution in [1.82, 2.24) is 8.58 Å². The molecule has 2 heterocycles. The molecule has 2 aromatic heterocycles. The highest BCUT2D eigenvalue weighted by molar-refractivity contribution is 9.08. The van der Waals surface area contributed by atoms with Crippen LogP contribution in [0.15, 0.2) is 18.5 Å². The summed E-state index contributed by atoms with van der Waals surface area (Å²) < 4.78 is 1.88. The lowest BCUT2D eigenvalue weighted by Gasteiger charge is -1.95. The zero-order chi connectivity index (χ0) is 8.72. The Morgan fingerprint density at radius 2 is 2.08 bits per heavy atom. The van der Waals surface area contributed by atoms with Crippen LogP contribution in [0.2, 0.25) is 0 Å². The van der Waals surface area contributed by atoms with Crippen molar-refractivity contribution in [2.75, 3.05) is 0 Å². The first kappa shape index (κ1) is 7.80. The van der Waals surface area contributed by atoms with Crippen LogP contribution in [-0.2, 0) is 0 Å². The zero-order valence-electron chi connectivity index (χ0n) is 7.00. The van der Waals surface area contributed by atoms with Gasteiger partial charge >= 0.3 is 0 Å². The molecule has 2 rings (SSSR count). The van der Waals surface area contributed by atoms with E-state index in [1.165, 1.54) is 16.5 Å². The van der Waals surface area contributed by atoms with Gasteiger partial charge in [0.15, 0.2) is 0 Å². The Balaban J connectivity index is 2.99. The zero-order valence-corrected chi connectivity index (χ0v) is 8.59. The molecule has 0 spiro atoms. The SMILES string of the molecule is Cc1ccnc2c1c(C)cn2Br. The normalized spacial score (nSPS) is 10.9. The van der Waals surface area contributed by atoms with E-state index in [2.05, 4.69) is 35.0 Å². The van der Waals surface area contributed by atoms with E-state index in [4.69, 9.17) is 0 Å². The van der Waals surface area contributed by atoms with Gasteiger partial charge in [-0.2, -0.15) is 0 Å². The largest absolute Gasteiger partial charge is 0.267 e. The van der Waals surface area contributed by atoms with Crippen LogP contribution in [0.3, 0.4) is 0 Å². The van der Waals surface area contributed by atoms with E-state index >= 15 is 0 Å². The van der Waals surface area contributed by atoms with E-state index in [1.54, 1.807) is 0 Å². The van der Waals surface area contributed by atoms with Crippen molar-refractivity contribution in [3.05, 3.63) is 29.6 Å². The molecule has 0 saturated carbocycles. The molecular formula is C9H9BrN2. The molecule has 2 aromatic rings. The number of hydrogen-bond acceptors (Lipinski definition) is 1. The first-order chi connectivity index (χ1) is 5.70. The highest BCUT2D eigenvalue weighted by Gasteiger charge is 2.05. The van der Waals surface area contributed by atoms with Crippen molar-refractivity contribution in [3.8, 4) is 0 Å². The minimum atomic E-state index is 0.993. The van der Waals surface area contributed by atoms with Gasteiger partial charge in [-0.3, -0.25) is 3.59 Å². The van der Waals surface area contributed by atoms with Gasteiger partial charge < -0.3 is 0 Å². The van der Waals surface area contributed by atoms with Crippen molar-refractivity contribution in [1.29, 1.82) is 0 Å². The molecule has 0 aromatic carbocycles. The summed E-state index contributed by atoms with van der Waals surface area (Å²) >= 11 is 3.41. The number of nitrogens with zero attached hydrogens (tertiary/aromatic N) is 2. The summed E-state index contributed by atoms with van der Waals surface area (Å²) in [5, 5.41) is 1.24. The van der Waals surface area contributed by atoms with Gasteiger partial charge in [-0.25, -0.2) is 4.98 Å². The molecule has 0 fully saturated rings. The minimum Gasteiger partial charge on any atom is -0.267 e. The van der Waals surface area contributed by atoms with Crippen molar-refractivity contribution in [2.45, 2.75) is 13.8 Å². The third kappa shape index (κ3) is 0.966. The Morgan fingerprint density at radius 3 is 2.75 bits per heavy atom. The Bertz CT molecular complexity index is 431. The third-order valence-electron chi connectivity index (χ3n) is 2.04. The van der Waals surface area contributed by atoms with E-state index in [-0.39, 0.29) is 0 Å². The number of halogens is 1. The molecule has 3 heteroatoms. The van der Waals surface area contributed by atoms with Crippen LogP contribution in [0.25, 0.3) is 11.0 Å². The molecule has 2 nitrogen and oxygen atoms in total. The summed E-state index contributed by atoms with van der Waals surface area (Å²) in [5.41, 5.74) is 3.52. The molecule has 0 aliphatic carbocycles. The molecule has 0 saturated heterocycles. The quantitative estimate of drug-likeness (QED) is 0.674. The summed E-state index contributed by atoms with van der Waals surface area (Å²) in [5.74, 6) is 0. The van der Waals surface area contributed by atoms with Gasteiger partial charge in [0.05, 0.1) is 16.1 Å². The van der Waals surface area contributed by atoms with Crippen LogP contribution >= 0.6 is 16.1 Å². The van der Waals surface area contributed by atoms with Gasteiger partial charge in [0.1, 0.15) is 5.65 Å². The van der Waals surface area contributed by atoms with E-state index in [0.717, 1.165) is 5.65 Å². The van der Waals surface area contributed by atoms with Crippen molar-refractivity contribution in [2.24, 2.45) is 0 Å². The summed E-state index contributed by atoms with van der Waals surface area (Å²) in [7, 11) is 0. The number of hydrogen-bond donors (Lipinski definition) is 0. The van der Waals surface area contributed by atoms with Crippen LogP contribution in [0.1, 0.15) is 11.1 Å². The van der Waals surface area contributed by atoms with Crippen molar-refractivity contribution < 1.29 is 0 Å². The Hall–Kier alpha value is -0.830. The van der Waals surface area contributed by atoms with Crippen LogP contribution in [0, 0.1) is 13.8 Å². The Morgan fingerprint density at radius 1 is 1.33 bits per heavy atom. The predicted molar refractivity (Wildman–Crippen MR) is 53.5 cm³/mol. The van der Waals surface area contributed by atoms with Crippen LogP contribution in [-0.4, -0.2) is 8.58 Å². The topological polar surface area (TPSA) is 17.8 Å². The molecule has 0 amide bonds. The van der Waals surface area contributed by atoms with Gasteiger partial charge in [-0.05, 0) is 31.0 Å². The second kappa shape index (κ2) is 2.59. The molecule has 0 bridgehead atoms. The second-order valence-corrected chi connectivity index (χ2v) is 3.71. The average molecular weight is 225 g/mol. The summed E-state index contributed by atoms with van der Waals surface area (Å²) in [6.07, 6.45) is 3.86. The maximum Gasteiger partial charge on any atom is 0.150 e. The lowest BCUT2D eigenvalue weighted by Crippen LogP contribution is -1.82. The fourth-order valence-electron chi connectivity index (χ4n) is 1.49. The molecular weight excluding hydrogens is 216 g/mol. The molecule has 0 unspecified atom stereocenters. The van der Waals surface area contributed by atoms with Crippen LogP contribution < -0.4 is 0 Å². The van der Waals surface area contributed by atoms with Gasteiger partial charge in [0.25, 0.3) is 0 Å². The maximum atomic E-state index is 4.28. The van der Waals surface area contributed by atoms with Crippen LogP contribution in [0.4, 0.5) is 0 Å². The van der Waals surface area contributed by atoms with E-state index in [9.17, 15) is 0 Å². The predicted octanol–water partition coefficient (Wildman–Crippen LogP) is 2.81. The standard InChI is InChI=1S/C9H9BrN2/c1-6-3-4-11-9-8(6)7(2)5-12(9)10/h3-5H,1-2H3. The maximum absolute atomic E-state index is 4.28. The smallest absolute Gasteiger partial charge is 0.150 e. The number of aromatic nitrogens is 2. The summed E-state index contributed by atoms with van der Waals surface area (Å²) in [6, 6.07) is 2.03. The van der Waals surface area contributed by atoms with Crippen molar-refractivity contribution >= 4 is 27.2 Å². The third-order valence-corrected chi connectivity index (χ3v) is 2.58. The highest BCUT2D eigenvalue weighted by atomic mass is 79.9. The number of rotatable bonds is 0. The molecule has 0 atom stereocenters. The number of aryl methyl sites for hydroxylation is 2. The first-order valence-corrected chi connectivity index (χ1v) is 4.50. The molecule has 12 heavy (non-hydrogen) atoms. The van der Waals surface area contributed by atoms with E-state index in [0.29, 0.717) is 0 Å². The first-order valence-electron chi connectivity index (χ1n) is 3.79. The summed E-state index contributed by atoms with van der Waals surface area (Å²) in [4.78, 5) is 4.28. The highest BCUT2D eigenvalue weighted by Crippen LogP contribution is 2.23. The Kier molecular flexibility index (Phi) is 1.68. The van der Waals surface area contributed by atoms with E-state index < -0.39 is 0 Å². The van der Waals surface area contributed by atoms with E-state index in [1.807, 2.05) is 22.1 Å². The number of pyridine rings is 1. The molecule has 62 valence electrons. The summed E-state index contributed by atoms with van der Waals surface area (Å²) in [6.45, 7) is 4.19. The van der Waals surface area contributed by atoms with Gasteiger partial charge in [-0.1, -0.05) is 0 Å². The molecule has 0 aliphatic heterocycles. The van der Waals surface area contributed by atoms with Gasteiger partial charge in [-0.15, -0.1) is 0 Å². The Labute approximate surface area is 79.6 Å². The lowest BCUT2D eigenvalue weighted by molar-refractivity contribution is 1.27. The molecule has 0 aliphatic rings.